The average molecular weight is 375 g/mol. The predicted molar refractivity (Wildman–Crippen MR) is 118 cm³/mol. The minimum absolute atomic E-state index is 0.160. The summed E-state index contributed by atoms with van der Waals surface area (Å²) in [6.45, 7) is 9.15. The topological polar surface area (TPSA) is 17.1 Å². The van der Waals surface area contributed by atoms with Crippen molar-refractivity contribution in [2.75, 3.05) is 0 Å². The quantitative estimate of drug-likeness (QED) is 0.548. The van der Waals surface area contributed by atoms with Crippen LogP contribution in [0.2, 0.25) is 0 Å². The fourth-order valence-electron chi connectivity index (χ4n) is 5.39. The van der Waals surface area contributed by atoms with Crippen LogP contribution in [0.25, 0.3) is 11.1 Å². The van der Waals surface area contributed by atoms with Gasteiger partial charge in [-0.25, -0.2) is 0 Å². The third kappa shape index (κ3) is 3.69. The van der Waals surface area contributed by atoms with Gasteiger partial charge in [-0.2, -0.15) is 0 Å². The van der Waals surface area contributed by atoms with E-state index >= 15 is 0 Å². The van der Waals surface area contributed by atoms with Crippen LogP contribution >= 0.6 is 0 Å². The lowest BCUT2D eigenvalue weighted by molar-refractivity contribution is 0.0860. The lowest BCUT2D eigenvalue weighted by Gasteiger charge is -2.35. The number of carbonyl (C=O) groups excluding carboxylic acids is 1. The molecular weight excluding hydrogens is 340 g/mol. The Morgan fingerprint density at radius 1 is 0.929 bits per heavy atom. The molecule has 148 valence electrons. The minimum Gasteiger partial charge on any atom is -0.294 e. The third-order valence-corrected chi connectivity index (χ3v) is 7.12. The molecule has 1 saturated carbocycles. The Labute approximate surface area is 170 Å². The van der Waals surface area contributed by atoms with E-state index in [1.165, 1.54) is 54.4 Å². The number of hydrogen-bond acceptors (Lipinski definition) is 1. The fraction of sp³-hybridized carbons (Fsp3) is 0.519. The highest BCUT2D eigenvalue weighted by molar-refractivity contribution is 6.04. The van der Waals surface area contributed by atoms with Crippen molar-refractivity contribution in [2.24, 2.45) is 11.3 Å². The average Bonchev–Trinajstić information content (AvgIpc) is 2.97. The van der Waals surface area contributed by atoms with Crippen LogP contribution in [0.5, 0.6) is 0 Å². The lowest BCUT2D eigenvalue weighted by Crippen LogP contribution is -2.26. The van der Waals surface area contributed by atoms with Crippen molar-refractivity contribution in [3.63, 3.8) is 0 Å². The molecule has 0 spiro atoms. The minimum atomic E-state index is 0.160. The summed E-state index contributed by atoms with van der Waals surface area (Å²) in [5.74, 6) is 0.558. The van der Waals surface area contributed by atoms with E-state index in [0.717, 1.165) is 18.4 Å². The van der Waals surface area contributed by atoms with E-state index in [9.17, 15) is 4.79 Å². The Balaban J connectivity index is 1.61. The van der Waals surface area contributed by atoms with Gasteiger partial charge < -0.3 is 0 Å². The van der Waals surface area contributed by atoms with Crippen LogP contribution in [0.15, 0.2) is 42.5 Å². The molecular formula is C27H34O. The van der Waals surface area contributed by atoms with Crippen LogP contribution in [-0.4, -0.2) is 5.78 Å². The maximum Gasteiger partial charge on any atom is 0.166 e. The fourth-order valence-corrected chi connectivity index (χ4v) is 5.39. The Morgan fingerprint density at radius 3 is 2.21 bits per heavy atom. The van der Waals surface area contributed by atoms with Gasteiger partial charge in [-0.1, -0.05) is 89.4 Å². The number of Topliss-reactive ketones (excluding diaryl/α,β-unsaturated/α-hetero) is 1. The zero-order chi connectivity index (χ0) is 19.9. The van der Waals surface area contributed by atoms with Crippen molar-refractivity contribution in [2.45, 2.75) is 78.1 Å². The maximum absolute atomic E-state index is 13.2. The van der Waals surface area contributed by atoms with Crippen LogP contribution in [0.3, 0.4) is 0 Å². The zero-order valence-electron chi connectivity index (χ0n) is 18.0. The summed E-state index contributed by atoms with van der Waals surface area (Å²) < 4.78 is 0. The van der Waals surface area contributed by atoms with Crippen LogP contribution in [0, 0.1) is 11.3 Å². The molecule has 0 amide bonds. The summed E-state index contributed by atoms with van der Waals surface area (Å²) in [7, 11) is 0. The number of benzene rings is 2. The number of carbonyl (C=O) groups is 1. The van der Waals surface area contributed by atoms with Crippen LogP contribution in [0.1, 0.15) is 87.7 Å². The third-order valence-electron chi connectivity index (χ3n) is 7.12. The first-order valence-corrected chi connectivity index (χ1v) is 11.0. The molecule has 1 unspecified atom stereocenters. The van der Waals surface area contributed by atoms with E-state index in [0.29, 0.717) is 11.2 Å². The molecule has 0 aliphatic heterocycles. The molecule has 0 heterocycles. The molecule has 1 fully saturated rings. The molecule has 2 aromatic carbocycles. The van der Waals surface area contributed by atoms with Gasteiger partial charge in [0.1, 0.15) is 0 Å². The molecule has 1 atom stereocenters. The van der Waals surface area contributed by atoms with Gasteiger partial charge in [-0.3, -0.25) is 4.79 Å². The van der Waals surface area contributed by atoms with E-state index in [4.69, 9.17) is 0 Å². The molecule has 2 aromatic rings. The number of hydrogen-bond donors (Lipinski definition) is 0. The van der Waals surface area contributed by atoms with Gasteiger partial charge in [0, 0.05) is 11.5 Å². The molecule has 1 nitrogen and oxygen atoms in total. The summed E-state index contributed by atoms with van der Waals surface area (Å²) in [6, 6.07) is 15.3. The van der Waals surface area contributed by atoms with E-state index in [-0.39, 0.29) is 11.3 Å². The molecule has 28 heavy (non-hydrogen) atoms. The Hall–Kier alpha value is -1.89. The number of rotatable bonds is 3. The van der Waals surface area contributed by atoms with Gasteiger partial charge >= 0.3 is 0 Å². The van der Waals surface area contributed by atoms with Crippen molar-refractivity contribution in [3.8, 4) is 11.1 Å². The first kappa shape index (κ1) is 19.4. The van der Waals surface area contributed by atoms with Crippen molar-refractivity contribution < 1.29 is 4.79 Å². The molecule has 0 bridgehead atoms. The van der Waals surface area contributed by atoms with E-state index in [2.05, 4.69) is 64.1 Å². The van der Waals surface area contributed by atoms with E-state index in [1.54, 1.807) is 0 Å². The molecule has 1 heteroatoms. The molecule has 0 N–H and O–H groups in total. The highest BCUT2D eigenvalue weighted by Gasteiger charge is 2.38. The summed E-state index contributed by atoms with van der Waals surface area (Å²) >= 11 is 0. The first-order valence-electron chi connectivity index (χ1n) is 11.0. The van der Waals surface area contributed by atoms with E-state index < -0.39 is 0 Å². The highest BCUT2D eigenvalue weighted by Crippen LogP contribution is 2.45. The van der Waals surface area contributed by atoms with Gasteiger partial charge in [-0.15, -0.1) is 0 Å². The molecule has 4 rings (SSSR count). The molecule has 0 radical (unpaired) electrons. The molecule has 2 aliphatic rings. The monoisotopic (exact) mass is 374 g/mol. The van der Waals surface area contributed by atoms with Crippen LogP contribution < -0.4 is 0 Å². The van der Waals surface area contributed by atoms with Crippen molar-refractivity contribution in [3.05, 3.63) is 59.2 Å². The van der Waals surface area contributed by atoms with Crippen LogP contribution in [0.4, 0.5) is 0 Å². The standard InChI is InChI=1S/C27H34O/c1-26(2,3)21-13-11-19(12-14-21)22-9-8-10-23-24(22)17-20(25(23)28)18-27(4)15-6-5-7-16-27/h8-14,20H,5-7,15-18H2,1-4H3. The Bertz CT molecular complexity index is 860. The number of ketones is 1. The summed E-state index contributed by atoms with van der Waals surface area (Å²) in [5.41, 5.74) is 6.61. The second-order valence-corrected chi connectivity index (χ2v) is 10.5. The van der Waals surface area contributed by atoms with Crippen LogP contribution in [-0.2, 0) is 11.8 Å². The summed E-state index contributed by atoms with van der Waals surface area (Å²) in [5, 5.41) is 0. The zero-order valence-corrected chi connectivity index (χ0v) is 18.0. The van der Waals surface area contributed by atoms with Gasteiger partial charge in [0.15, 0.2) is 5.78 Å². The molecule has 2 aliphatic carbocycles. The summed E-state index contributed by atoms with van der Waals surface area (Å²) in [4.78, 5) is 13.2. The smallest absolute Gasteiger partial charge is 0.166 e. The summed E-state index contributed by atoms with van der Waals surface area (Å²) in [6.07, 6.45) is 8.57. The molecule has 0 aromatic heterocycles. The predicted octanol–water partition coefficient (Wildman–Crippen LogP) is 7.37. The second kappa shape index (κ2) is 7.17. The normalized spacial score (nSPS) is 21.6. The lowest BCUT2D eigenvalue weighted by atomic mass is 9.70. The number of fused-ring (bicyclic) bond motifs is 1. The largest absolute Gasteiger partial charge is 0.294 e. The van der Waals surface area contributed by atoms with Crippen molar-refractivity contribution in [1.29, 1.82) is 0 Å². The Morgan fingerprint density at radius 2 is 1.57 bits per heavy atom. The maximum atomic E-state index is 13.2. The van der Waals surface area contributed by atoms with Gasteiger partial charge in [-0.05, 0) is 58.8 Å². The van der Waals surface area contributed by atoms with Crippen molar-refractivity contribution in [1.82, 2.24) is 0 Å². The van der Waals surface area contributed by atoms with Crippen molar-refractivity contribution >= 4 is 5.78 Å². The highest BCUT2D eigenvalue weighted by atomic mass is 16.1. The molecule has 0 saturated heterocycles. The second-order valence-electron chi connectivity index (χ2n) is 10.5. The van der Waals surface area contributed by atoms with Gasteiger partial charge in [0.25, 0.3) is 0 Å². The SMILES string of the molecule is CC1(CC2Cc3c(cccc3-c3ccc(C(C)(C)C)cc3)C2=O)CCCCC1. The first-order chi connectivity index (χ1) is 13.3. The van der Waals surface area contributed by atoms with E-state index in [1.807, 2.05) is 6.07 Å². The van der Waals surface area contributed by atoms with Gasteiger partial charge in [0.2, 0.25) is 0 Å². The van der Waals surface area contributed by atoms with Gasteiger partial charge in [0.05, 0.1) is 0 Å². The Kier molecular flexibility index (Phi) is 4.98.